The Bertz CT molecular complexity index is 1680. The smallest absolute Gasteiger partial charge is 0.332 e. The van der Waals surface area contributed by atoms with Gasteiger partial charge in [0.1, 0.15) is 23.4 Å². The van der Waals surface area contributed by atoms with Crippen molar-refractivity contribution in [3.8, 4) is 28.9 Å². The first-order chi connectivity index (χ1) is 24.3. The number of aromatic nitrogens is 2. The first-order valence-electron chi connectivity index (χ1n) is 17.3. The molecular formula is C38H45N5O7. The van der Waals surface area contributed by atoms with E-state index in [2.05, 4.69) is 21.4 Å². The maximum atomic E-state index is 14.5. The molecule has 264 valence electrons. The van der Waals surface area contributed by atoms with Gasteiger partial charge in [-0.3, -0.25) is 4.79 Å². The van der Waals surface area contributed by atoms with E-state index in [9.17, 15) is 14.4 Å². The molecule has 4 atom stereocenters. The Balaban J connectivity index is 1.31. The topological polar surface area (TPSA) is 132 Å². The summed E-state index contributed by atoms with van der Waals surface area (Å²) in [5.41, 5.74) is 0.568. The molecule has 0 unspecified atom stereocenters. The van der Waals surface area contributed by atoms with Gasteiger partial charge in [-0.15, -0.1) is 0 Å². The van der Waals surface area contributed by atoms with Crippen molar-refractivity contribution in [1.29, 1.82) is 0 Å². The number of allylic oxidation sites excluding steroid dienone is 1. The number of urea groups is 1. The summed E-state index contributed by atoms with van der Waals surface area (Å²) in [6.07, 6.45) is 7.70. The molecule has 2 aliphatic heterocycles. The van der Waals surface area contributed by atoms with Gasteiger partial charge in [-0.05, 0) is 50.3 Å². The Kier molecular flexibility index (Phi) is 10.8. The zero-order valence-corrected chi connectivity index (χ0v) is 28.9. The Labute approximate surface area is 292 Å². The number of hydrogen-bond donors (Lipinski definition) is 1. The third-order valence-electron chi connectivity index (χ3n) is 9.49. The number of methoxy groups -OCH3 is 2. The summed E-state index contributed by atoms with van der Waals surface area (Å²) in [5.74, 6) is 0.692. The molecule has 1 saturated carbocycles. The number of carbonyl (C=O) groups excluding carboxylic acids is 3. The third-order valence-corrected chi connectivity index (χ3v) is 9.49. The van der Waals surface area contributed by atoms with Crippen molar-refractivity contribution >= 4 is 17.9 Å². The minimum absolute atomic E-state index is 0.138. The van der Waals surface area contributed by atoms with Crippen LogP contribution in [0.3, 0.4) is 0 Å². The summed E-state index contributed by atoms with van der Waals surface area (Å²) in [5, 5.41) is 3.03. The Hall–Kier alpha value is -5.13. The number of rotatable bonds is 9. The number of nitrogens with zero attached hydrogens (tertiary/aromatic N) is 4. The molecular weight excluding hydrogens is 638 g/mol. The molecule has 12 heteroatoms. The van der Waals surface area contributed by atoms with Crippen LogP contribution in [0.4, 0.5) is 4.79 Å². The Morgan fingerprint density at radius 1 is 0.980 bits per heavy atom. The van der Waals surface area contributed by atoms with Gasteiger partial charge >= 0.3 is 12.0 Å². The second-order valence-electron chi connectivity index (χ2n) is 12.9. The number of carbonyl (C=O) groups is 3. The quantitative estimate of drug-likeness (QED) is 0.240. The number of fused-ring (bicyclic) bond motifs is 2. The minimum atomic E-state index is -1.16. The lowest BCUT2D eigenvalue weighted by molar-refractivity contribution is -0.149. The van der Waals surface area contributed by atoms with Gasteiger partial charge in [0.05, 0.1) is 33.4 Å². The molecule has 3 aliphatic rings. The molecule has 3 heterocycles. The zero-order valence-electron chi connectivity index (χ0n) is 28.9. The van der Waals surface area contributed by atoms with Gasteiger partial charge < -0.3 is 34.1 Å². The molecule has 2 aromatic carbocycles. The number of esters is 1. The molecule has 6 rings (SSSR count). The predicted molar refractivity (Wildman–Crippen MR) is 186 cm³/mol. The summed E-state index contributed by atoms with van der Waals surface area (Å²) < 4.78 is 22.6. The molecule has 0 spiro atoms. The fourth-order valence-corrected chi connectivity index (χ4v) is 6.69. The maximum absolute atomic E-state index is 14.5. The van der Waals surface area contributed by atoms with E-state index in [0.717, 1.165) is 42.6 Å². The number of benzene rings is 2. The summed E-state index contributed by atoms with van der Waals surface area (Å²) in [7, 11) is 3.14. The summed E-state index contributed by atoms with van der Waals surface area (Å²) in [6.45, 7) is 2.96. The van der Waals surface area contributed by atoms with Crippen LogP contribution in [0.5, 0.6) is 17.5 Å². The highest BCUT2D eigenvalue weighted by atomic mass is 16.5. The van der Waals surface area contributed by atoms with Crippen molar-refractivity contribution < 1.29 is 33.3 Å². The minimum Gasteiger partial charge on any atom is -0.497 e. The maximum Gasteiger partial charge on any atom is 0.332 e. The van der Waals surface area contributed by atoms with Crippen LogP contribution in [-0.4, -0.2) is 89.3 Å². The number of ether oxygens (including phenoxy) is 4. The second kappa shape index (κ2) is 15.6. The van der Waals surface area contributed by atoms with E-state index in [1.54, 1.807) is 29.9 Å². The van der Waals surface area contributed by atoms with Crippen LogP contribution >= 0.6 is 0 Å². The van der Waals surface area contributed by atoms with Gasteiger partial charge in [0.2, 0.25) is 17.7 Å². The van der Waals surface area contributed by atoms with E-state index in [0.29, 0.717) is 31.2 Å². The highest BCUT2D eigenvalue weighted by molar-refractivity contribution is 5.95. The summed E-state index contributed by atoms with van der Waals surface area (Å²) in [6, 6.07) is 17.5. The van der Waals surface area contributed by atoms with Gasteiger partial charge in [0.15, 0.2) is 5.82 Å². The lowest BCUT2D eigenvalue weighted by Gasteiger charge is -2.32. The second-order valence-corrected chi connectivity index (χ2v) is 12.9. The van der Waals surface area contributed by atoms with Gasteiger partial charge in [0.25, 0.3) is 0 Å². The third kappa shape index (κ3) is 7.85. The first-order valence-corrected chi connectivity index (χ1v) is 17.3. The fraction of sp³-hybridized carbons (Fsp3) is 0.447. The van der Waals surface area contributed by atoms with E-state index in [1.165, 1.54) is 7.11 Å². The highest BCUT2D eigenvalue weighted by Gasteiger charge is 2.62. The van der Waals surface area contributed by atoms with Gasteiger partial charge in [-0.2, -0.15) is 9.97 Å². The van der Waals surface area contributed by atoms with Crippen LogP contribution < -0.4 is 19.5 Å². The summed E-state index contributed by atoms with van der Waals surface area (Å²) in [4.78, 5) is 54.5. The van der Waals surface area contributed by atoms with Crippen LogP contribution in [0.1, 0.15) is 51.0 Å². The van der Waals surface area contributed by atoms with E-state index in [4.69, 9.17) is 18.9 Å². The van der Waals surface area contributed by atoms with Crippen molar-refractivity contribution in [1.82, 2.24) is 25.1 Å². The van der Waals surface area contributed by atoms with E-state index in [-0.39, 0.29) is 37.4 Å². The van der Waals surface area contributed by atoms with E-state index in [1.807, 2.05) is 60.7 Å². The zero-order chi connectivity index (χ0) is 35.1. The van der Waals surface area contributed by atoms with Crippen molar-refractivity contribution in [2.24, 2.45) is 5.92 Å². The monoisotopic (exact) mass is 683 g/mol. The van der Waals surface area contributed by atoms with E-state index < -0.39 is 29.6 Å². The van der Waals surface area contributed by atoms with Gasteiger partial charge in [-0.1, -0.05) is 61.0 Å². The van der Waals surface area contributed by atoms with Crippen molar-refractivity contribution in [2.45, 2.75) is 69.7 Å². The van der Waals surface area contributed by atoms with Crippen LogP contribution in [-0.2, 0) is 20.9 Å². The Morgan fingerprint density at radius 3 is 2.50 bits per heavy atom. The SMILES string of the molecule is CCOC(=O)[C@@]12C[C@H]1C=CCCCCCN(Cc1ccc(OC)cc1)C(=O)N1C[C@H](Oc3cc(OC)nc(-c4ccccc4)n3)C[C@H]1C(=O)N2. The molecule has 0 bridgehead atoms. The largest absolute Gasteiger partial charge is 0.497 e. The number of hydrogen-bond acceptors (Lipinski definition) is 9. The first kappa shape index (κ1) is 34.7. The lowest BCUT2D eigenvalue weighted by Crippen LogP contribution is -2.55. The molecule has 1 aromatic heterocycles. The number of amides is 3. The van der Waals surface area contributed by atoms with Crippen LogP contribution in [0.15, 0.2) is 72.8 Å². The summed E-state index contributed by atoms with van der Waals surface area (Å²) >= 11 is 0. The Morgan fingerprint density at radius 2 is 1.76 bits per heavy atom. The molecule has 1 N–H and O–H groups in total. The van der Waals surface area contributed by atoms with Crippen molar-refractivity contribution in [3.05, 3.63) is 78.4 Å². The van der Waals surface area contributed by atoms with Gasteiger partial charge in [-0.25, -0.2) is 9.59 Å². The normalized spacial score (nSPS) is 23.9. The average Bonchev–Trinajstić information content (AvgIpc) is 3.67. The van der Waals surface area contributed by atoms with E-state index >= 15 is 0 Å². The molecule has 0 radical (unpaired) electrons. The van der Waals surface area contributed by atoms with Crippen molar-refractivity contribution in [3.63, 3.8) is 0 Å². The molecule has 3 aromatic rings. The van der Waals surface area contributed by atoms with Crippen LogP contribution in [0, 0.1) is 5.92 Å². The number of nitrogens with one attached hydrogen (secondary N) is 1. The predicted octanol–water partition coefficient (Wildman–Crippen LogP) is 5.17. The molecule has 50 heavy (non-hydrogen) atoms. The van der Waals surface area contributed by atoms with Crippen LogP contribution in [0.25, 0.3) is 11.4 Å². The molecule has 1 saturated heterocycles. The standard InChI is InChI=1S/C38H45N5O7/c1-4-49-36(45)38-23-28(38)15-11-6-5-7-12-20-42(24-26-16-18-29(47-2)19-17-26)37(46)43-25-30(21-31(43)35(44)41-38)50-33-22-32(48-3)39-34(40-33)27-13-9-8-10-14-27/h8-11,13-19,22,28,30-31H,4-7,12,20-21,23-25H2,1-3H3,(H,41,44)/t28-,30-,31+,38-/m1/s1. The van der Waals surface area contributed by atoms with Crippen LogP contribution in [0.2, 0.25) is 0 Å². The van der Waals surface area contributed by atoms with Gasteiger partial charge in [0, 0.05) is 31.0 Å². The molecule has 1 aliphatic carbocycles. The van der Waals surface area contributed by atoms with Crippen molar-refractivity contribution in [2.75, 3.05) is 33.9 Å². The molecule has 2 fully saturated rings. The fourth-order valence-electron chi connectivity index (χ4n) is 6.69. The average molecular weight is 684 g/mol. The highest BCUT2D eigenvalue weighted by Crippen LogP contribution is 2.46. The molecule has 12 nitrogen and oxygen atoms in total. The lowest BCUT2D eigenvalue weighted by atomic mass is 10.1. The molecule has 3 amide bonds.